The van der Waals surface area contributed by atoms with Crippen LogP contribution >= 0.6 is 0 Å². The Morgan fingerprint density at radius 1 is 0.380 bits per heavy atom. The zero-order valence-corrected chi connectivity index (χ0v) is 26.8. The number of nitrogens with zero attached hydrogens (tertiary/aromatic N) is 4. The molecule has 0 N–H and O–H groups in total. The van der Waals surface area contributed by atoms with Crippen molar-refractivity contribution in [1.29, 1.82) is 0 Å². The second-order valence-electron chi connectivity index (χ2n) is 13.4. The third-order valence-electron chi connectivity index (χ3n) is 10.8. The molecule has 0 unspecified atom stereocenters. The van der Waals surface area contributed by atoms with E-state index in [1.165, 1.54) is 65.0 Å². The largest absolute Gasteiger partial charge is 0.308 e. The van der Waals surface area contributed by atoms with E-state index in [1.54, 1.807) is 0 Å². The average molecular weight is 635 g/mol. The van der Waals surface area contributed by atoms with Crippen LogP contribution in [-0.4, -0.2) is 18.9 Å². The second-order valence-corrected chi connectivity index (χ2v) is 13.4. The Bertz CT molecular complexity index is 3370. The summed E-state index contributed by atoms with van der Waals surface area (Å²) in [6, 6.07) is 56.8. The number of rotatable bonds is 2. The second kappa shape index (κ2) is 9.43. The van der Waals surface area contributed by atoms with Crippen LogP contribution in [0.15, 0.2) is 158 Å². The van der Waals surface area contributed by atoms with Crippen LogP contribution in [0.3, 0.4) is 0 Å². The van der Waals surface area contributed by atoms with Crippen LogP contribution in [0.25, 0.3) is 110 Å². The van der Waals surface area contributed by atoms with Crippen LogP contribution < -0.4 is 0 Å². The number of benzene rings is 8. The summed E-state index contributed by atoms with van der Waals surface area (Å²) in [4.78, 5) is 10.9. The molecule has 50 heavy (non-hydrogen) atoms. The molecule has 4 heteroatoms. The van der Waals surface area contributed by atoms with Crippen molar-refractivity contribution in [1.82, 2.24) is 18.9 Å². The molecule has 12 aromatic rings. The van der Waals surface area contributed by atoms with E-state index in [2.05, 4.69) is 167 Å². The number of aromatic nitrogens is 4. The standard InChI is InChI=1S/C46H26N4/c1-2-13-28(14-3-1)44-41-31-17-7-6-12-27(31)22-23-36(41)47-46(48-44)50-38-21-11-8-18-32(38)42-40(50)26-35-34-24-29-15-4-5-16-30(29)25-39(34)49-37-20-10-9-19-33(37)43(42)45(35)49/h1-26H. The molecule has 8 aromatic carbocycles. The van der Waals surface area contributed by atoms with Crippen molar-refractivity contribution in [2.24, 2.45) is 0 Å². The van der Waals surface area contributed by atoms with Crippen LogP contribution in [0.5, 0.6) is 0 Å². The normalized spacial score (nSPS) is 12.4. The molecule has 4 nitrogen and oxygen atoms in total. The van der Waals surface area contributed by atoms with Crippen LogP contribution in [0.4, 0.5) is 0 Å². The molecular weight excluding hydrogens is 609 g/mol. The molecule has 0 aliphatic heterocycles. The molecule has 12 rings (SSSR count). The summed E-state index contributed by atoms with van der Waals surface area (Å²) in [7, 11) is 0. The molecular formula is C46H26N4. The summed E-state index contributed by atoms with van der Waals surface area (Å²) in [5, 5.41) is 13.4. The van der Waals surface area contributed by atoms with Gasteiger partial charge in [-0.05, 0) is 57.9 Å². The van der Waals surface area contributed by atoms with Gasteiger partial charge < -0.3 is 4.40 Å². The Balaban J connectivity index is 1.30. The first-order valence-electron chi connectivity index (χ1n) is 17.1. The van der Waals surface area contributed by atoms with Gasteiger partial charge in [0.25, 0.3) is 0 Å². The zero-order chi connectivity index (χ0) is 32.5. The van der Waals surface area contributed by atoms with E-state index >= 15 is 0 Å². The van der Waals surface area contributed by atoms with Gasteiger partial charge in [-0.15, -0.1) is 0 Å². The molecule has 4 aromatic heterocycles. The summed E-state index contributed by atoms with van der Waals surface area (Å²) in [6.07, 6.45) is 0. The molecule has 0 atom stereocenters. The first-order valence-corrected chi connectivity index (χ1v) is 17.1. The van der Waals surface area contributed by atoms with Gasteiger partial charge in [-0.25, -0.2) is 9.97 Å². The van der Waals surface area contributed by atoms with Crippen molar-refractivity contribution in [3.05, 3.63) is 158 Å². The van der Waals surface area contributed by atoms with E-state index in [4.69, 9.17) is 9.97 Å². The van der Waals surface area contributed by atoms with Crippen molar-refractivity contribution in [2.45, 2.75) is 0 Å². The first-order chi connectivity index (χ1) is 24.8. The van der Waals surface area contributed by atoms with Crippen LogP contribution in [0, 0.1) is 0 Å². The highest BCUT2D eigenvalue weighted by molar-refractivity contribution is 6.36. The Morgan fingerprint density at radius 3 is 1.86 bits per heavy atom. The van der Waals surface area contributed by atoms with Gasteiger partial charge in [-0.1, -0.05) is 121 Å². The van der Waals surface area contributed by atoms with Crippen molar-refractivity contribution >= 4 is 92.3 Å². The highest BCUT2D eigenvalue weighted by atomic mass is 15.2. The zero-order valence-electron chi connectivity index (χ0n) is 26.8. The van der Waals surface area contributed by atoms with E-state index in [-0.39, 0.29) is 0 Å². The minimum atomic E-state index is 0.671. The smallest absolute Gasteiger partial charge is 0.235 e. The molecule has 0 aliphatic carbocycles. The van der Waals surface area contributed by atoms with E-state index in [9.17, 15) is 0 Å². The Labute approximate surface area is 285 Å². The van der Waals surface area contributed by atoms with Crippen LogP contribution in [-0.2, 0) is 0 Å². The lowest BCUT2D eigenvalue weighted by molar-refractivity contribution is 1.02. The highest BCUT2D eigenvalue weighted by Crippen LogP contribution is 2.47. The fourth-order valence-corrected chi connectivity index (χ4v) is 8.71. The number of fused-ring (bicyclic) bond motifs is 14. The SMILES string of the molecule is c1ccc(-c2nc(-n3c4ccccc4c4c5c6ccccc6n6c7cc8ccccc8cc7c(cc43)c56)nc3ccc4ccccc4c23)cc1. The van der Waals surface area contributed by atoms with Crippen molar-refractivity contribution in [2.75, 3.05) is 0 Å². The van der Waals surface area contributed by atoms with Gasteiger partial charge in [0.15, 0.2) is 0 Å². The lowest BCUT2D eigenvalue weighted by Crippen LogP contribution is -2.03. The molecule has 0 amide bonds. The topological polar surface area (TPSA) is 35.1 Å². The van der Waals surface area contributed by atoms with Gasteiger partial charge in [-0.2, -0.15) is 0 Å². The number of hydrogen-bond acceptors (Lipinski definition) is 2. The minimum absolute atomic E-state index is 0.671. The third-order valence-corrected chi connectivity index (χ3v) is 10.8. The first kappa shape index (κ1) is 26.2. The fourth-order valence-electron chi connectivity index (χ4n) is 8.71. The Hall–Kier alpha value is -6.78. The molecule has 0 fully saturated rings. The Kier molecular flexibility index (Phi) is 4.94. The maximum Gasteiger partial charge on any atom is 0.235 e. The molecule has 0 saturated heterocycles. The summed E-state index contributed by atoms with van der Waals surface area (Å²) in [5.74, 6) is 0.671. The molecule has 0 bridgehead atoms. The van der Waals surface area contributed by atoms with E-state index < -0.39 is 0 Å². The number of hydrogen-bond donors (Lipinski definition) is 0. The molecule has 0 spiro atoms. The van der Waals surface area contributed by atoms with Crippen molar-refractivity contribution < 1.29 is 0 Å². The summed E-state index contributed by atoms with van der Waals surface area (Å²) < 4.78 is 4.78. The highest BCUT2D eigenvalue weighted by Gasteiger charge is 2.25. The summed E-state index contributed by atoms with van der Waals surface area (Å²) >= 11 is 0. The monoisotopic (exact) mass is 634 g/mol. The summed E-state index contributed by atoms with van der Waals surface area (Å²) in [6.45, 7) is 0. The maximum atomic E-state index is 5.49. The van der Waals surface area contributed by atoms with Gasteiger partial charge >= 0.3 is 0 Å². The predicted molar refractivity (Wildman–Crippen MR) is 209 cm³/mol. The van der Waals surface area contributed by atoms with E-state index in [1.807, 2.05) is 0 Å². The molecule has 4 heterocycles. The molecule has 0 radical (unpaired) electrons. The predicted octanol–water partition coefficient (Wildman–Crippen LogP) is 11.9. The molecule has 230 valence electrons. The lowest BCUT2D eigenvalue weighted by Gasteiger charge is -2.13. The summed E-state index contributed by atoms with van der Waals surface area (Å²) in [5.41, 5.74) is 8.86. The van der Waals surface area contributed by atoms with E-state index in [0.29, 0.717) is 5.95 Å². The lowest BCUT2D eigenvalue weighted by atomic mass is 10.0. The van der Waals surface area contributed by atoms with Gasteiger partial charge in [0.1, 0.15) is 0 Å². The average Bonchev–Trinajstić information content (AvgIpc) is 3.81. The fraction of sp³-hybridized carbons (Fsp3) is 0. The van der Waals surface area contributed by atoms with Crippen LogP contribution in [0.1, 0.15) is 0 Å². The van der Waals surface area contributed by atoms with Gasteiger partial charge in [0.2, 0.25) is 5.95 Å². The van der Waals surface area contributed by atoms with Gasteiger partial charge in [-0.3, -0.25) is 4.57 Å². The van der Waals surface area contributed by atoms with Gasteiger partial charge in [0.05, 0.1) is 38.8 Å². The Morgan fingerprint density at radius 2 is 1.04 bits per heavy atom. The quantitative estimate of drug-likeness (QED) is 0.177. The van der Waals surface area contributed by atoms with E-state index in [0.717, 1.165) is 38.6 Å². The molecule has 0 aliphatic rings. The number of para-hydroxylation sites is 2. The van der Waals surface area contributed by atoms with Crippen molar-refractivity contribution in [3.8, 4) is 17.2 Å². The maximum absolute atomic E-state index is 5.49. The third kappa shape index (κ3) is 3.30. The van der Waals surface area contributed by atoms with Crippen LogP contribution in [0.2, 0.25) is 0 Å². The van der Waals surface area contributed by atoms with Gasteiger partial charge in [0, 0.05) is 43.3 Å². The molecule has 0 saturated carbocycles. The van der Waals surface area contributed by atoms with Crippen molar-refractivity contribution in [3.63, 3.8) is 0 Å². The minimum Gasteiger partial charge on any atom is -0.308 e.